The molecular formula is C5H11NS. The Morgan fingerprint density at radius 3 is 2.14 bits per heavy atom. The van der Waals surface area contributed by atoms with Crippen molar-refractivity contribution in [1.29, 1.82) is 0 Å². The molecule has 2 heteroatoms. The maximum Gasteiger partial charge on any atom is 0.0641 e. The summed E-state index contributed by atoms with van der Waals surface area (Å²) in [6.07, 6.45) is 4.86. The molecule has 0 aliphatic heterocycles. The summed E-state index contributed by atoms with van der Waals surface area (Å²) in [5.74, 6) is 0. The lowest BCUT2D eigenvalue weighted by Gasteiger charge is -2.07. The average Bonchev–Trinajstić information content (AvgIpc) is 2.46. The Kier molecular flexibility index (Phi) is 1.30. The Hall–Kier alpha value is 0.310. The lowest BCUT2D eigenvalue weighted by atomic mass is 10.7. The molecule has 1 aliphatic rings. The quantitative estimate of drug-likeness (QED) is 0.543. The van der Waals surface area contributed by atoms with Gasteiger partial charge >= 0.3 is 0 Å². The largest absolute Gasteiger partial charge is 0.306 e. The minimum atomic E-state index is 0.500. The van der Waals surface area contributed by atoms with Crippen molar-refractivity contribution < 1.29 is 0 Å². The zero-order chi connectivity index (χ0) is 5.33. The van der Waals surface area contributed by atoms with Crippen molar-refractivity contribution in [2.75, 3.05) is 13.3 Å². The maximum absolute atomic E-state index is 3.27. The zero-order valence-electron chi connectivity index (χ0n) is 4.82. The van der Waals surface area contributed by atoms with Crippen LogP contribution in [0.4, 0.5) is 0 Å². The van der Waals surface area contributed by atoms with Gasteiger partial charge in [-0.05, 0) is 26.1 Å². The molecule has 0 aromatic heterocycles. The van der Waals surface area contributed by atoms with Crippen LogP contribution in [0.25, 0.3) is 0 Å². The Labute approximate surface area is 48.9 Å². The molecule has 42 valence electrons. The Balaban J connectivity index is 2.28. The van der Waals surface area contributed by atoms with E-state index in [-0.39, 0.29) is 0 Å². The summed E-state index contributed by atoms with van der Waals surface area (Å²) in [5, 5.41) is 3.27. The first-order chi connectivity index (χ1) is 3.33. The summed E-state index contributed by atoms with van der Waals surface area (Å²) in [4.78, 5) is 0.500. The van der Waals surface area contributed by atoms with Crippen molar-refractivity contribution in [2.45, 2.75) is 17.7 Å². The van der Waals surface area contributed by atoms with Crippen LogP contribution < -0.4 is 5.32 Å². The smallest absolute Gasteiger partial charge is 0.0641 e. The number of hydrogen-bond acceptors (Lipinski definition) is 2. The summed E-state index contributed by atoms with van der Waals surface area (Å²) in [7, 11) is 2.03. The molecule has 1 saturated carbocycles. The number of rotatable bonds is 2. The Bertz CT molecular complexity index is 62.5. The summed E-state index contributed by atoms with van der Waals surface area (Å²) < 4.78 is 0. The Morgan fingerprint density at radius 2 is 2.14 bits per heavy atom. The van der Waals surface area contributed by atoms with Crippen LogP contribution in [-0.4, -0.2) is 18.2 Å². The van der Waals surface area contributed by atoms with Gasteiger partial charge in [0, 0.05) is 0 Å². The molecule has 0 bridgehead atoms. The van der Waals surface area contributed by atoms with Crippen LogP contribution in [0.5, 0.6) is 0 Å². The molecule has 0 radical (unpaired) electrons. The molecule has 1 aliphatic carbocycles. The van der Waals surface area contributed by atoms with Crippen LogP contribution in [0, 0.1) is 0 Å². The van der Waals surface area contributed by atoms with Gasteiger partial charge in [0.2, 0.25) is 0 Å². The first-order valence-corrected chi connectivity index (χ1v) is 3.79. The zero-order valence-corrected chi connectivity index (χ0v) is 5.64. The SMILES string of the molecule is CNC1(SC)CC1. The first-order valence-electron chi connectivity index (χ1n) is 2.57. The van der Waals surface area contributed by atoms with E-state index in [1.807, 2.05) is 18.8 Å². The predicted molar refractivity (Wildman–Crippen MR) is 34.5 cm³/mol. The monoisotopic (exact) mass is 117 g/mol. The molecule has 1 fully saturated rings. The number of thioether (sulfide) groups is 1. The van der Waals surface area contributed by atoms with Gasteiger partial charge in [-0.2, -0.15) is 0 Å². The fourth-order valence-electron chi connectivity index (χ4n) is 0.670. The van der Waals surface area contributed by atoms with E-state index in [2.05, 4.69) is 11.6 Å². The number of hydrogen-bond donors (Lipinski definition) is 1. The first kappa shape index (κ1) is 5.45. The van der Waals surface area contributed by atoms with Crippen molar-refractivity contribution in [2.24, 2.45) is 0 Å². The lowest BCUT2D eigenvalue weighted by Crippen LogP contribution is -2.21. The van der Waals surface area contributed by atoms with Gasteiger partial charge in [-0.25, -0.2) is 0 Å². The van der Waals surface area contributed by atoms with Crippen molar-refractivity contribution in [3.05, 3.63) is 0 Å². The summed E-state index contributed by atoms with van der Waals surface area (Å²) >= 11 is 1.93. The van der Waals surface area contributed by atoms with Gasteiger partial charge in [0.25, 0.3) is 0 Å². The fraction of sp³-hybridized carbons (Fsp3) is 1.00. The fourth-order valence-corrected chi connectivity index (χ4v) is 1.38. The standard InChI is InChI=1S/C5H11NS/c1-6-5(7-2)3-4-5/h6H,3-4H2,1-2H3. The summed E-state index contributed by atoms with van der Waals surface area (Å²) in [5.41, 5.74) is 0. The molecule has 0 heterocycles. The minimum absolute atomic E-state index is 0.500. The molecule has 0 unspecified atom stereocenters. The lowest BCUT2D eigenvalue weighted by molar-refractivity contribution is 0.756. The molecule has 0 spiro atoms. The van der Waals surface area contributed by atoms with Crippen molar-refractivity contribution in [1.82, 2.24) is 5.32 Å². The van der Waals surface area contributed by atoms with Crippen LogP contribution in [0.2, 0.25) is 0 Å². The maximum atomic E-state index is 3.27. The van der Waals surface area contributed by atoms with Gasteiger partial charge < -0.3 is 5.32 Å². The molecule has 0 aromatic carbocycles. The highest BCUT2D eigenvalue weighted by molar-refractivity contribution is 8.00. The average molecular weight is 117 g/mol. The molecule has 7 heavy (non-hydrogen) atoms. The van der Waals surface area contributed by atoms with E-state index in [4.69, 9.17) is 0 Å². The van der Waals surface area contributed by atoms with E-state index < -0.39 is 0 Å². The third-order valence-corrected chi connectivity index (χ3v) is 2.94. The van der Waals surface area contributed by atoms with E-state index in [1.165, 1.54) is 12.8 Å². The normalized spacial score (nSPS) is 24.9. The van der Waals surface area contributed by atoms with Crippen LogP contribution in [0.15, 0.2) is 0 Å². The highest BCUT2D eigenvalue weighted by atomic mass is 32.2. The predicted octanol–water partition coefficient (Wildman–Crippen LogP) is 1.06. The van der Waals surface area contributed by atoms with Crippen molar-refractivity contribution in [3.8, 4) is 0 Å². The van der Waals surface area contributed by atoms with Crippen LogP contribution in [0.3, 0.4) is 0 Å². The second-order valence-corrected chi connectivity index (χ2v) is 3.14. The molecule has 0 saturated heterocycles. The van der Waals surface area contributed by atoms with Gasteiger partial charge in [0.1, 0.15) is 0 Å². The van der Waals surface area contributed by atoms with Gasteiger partial charge in [-0.15, -0.1) is 11.8 Å². The van der Waals surface area contributed by atoms with Gasteiger partial charge in [-0.3, -0.25) is 0 Å². The molecule has 1 rings (SSSR count). The van der Waals surface area contributed by atoms with Crippen molar-refractivity contribution in [3.63, 3.8) is 0 Å². The van der Waals surface area contributed by atoms with Gasteiger partial charge in [0.15, 0.2) is 0 Å². The highest BCUT2D eigenvalue weighted by Crippen LogP contribution is 2.43. The third kappa shape index (κ3) is 0.916. The third-order valence-electron chi connectivity index (χ3n) is 1.55. The van der Waals surface area contributed by atoms with Gasteiger partial charge in [0.05, 0.1) is 4.87 Å². The van der Waals surface area contributed by atoms with E-state index in [1.54, 1.807) is 0 Å². The highest BCUT2D eigenvalue weighted by Gasteiger charge is 2.39. The van der Waals surface area contributed by atoms with Crippen LogP contribution in [-0.2, 0) is 0 Å². The number of nitrogens with one attached hydrogen (secondary N) is 1. The Morgan fingerprint density at radius 1 is 1.57 bits per heavy atom. The summed E-state index contributed by atoms with van der Waals surface area (Å²) in [6.45, 7) is 0. The molecule has 0 atom stereocenters. The summed E-state index contributed by atoms with van der Waals surface area (Å²) in [6, 6.07) is 0. The van der Waals surface area contributed by atoms with E-state index in [0.29, 0.717) is 4.87 Å². The van der Waals surface area contributed by atoms with E-state index >= 15 is 0 Å². The molecular weight excluding hydrogens is 106 g/mol. The van der Waals surface area contributed by atoms with Crippen molar-refractivity contribution >= 4 is 11.8 Å². The second kappa shape index (κ2) is 1.67. The molecule has 0 aromatic rings. The molecule has 1 nitrogen and oxygen atoms in total. The molecule has 0 amide bonds. The van der Waals surface area contributed by atoms with Gasteiger partial charge in [-0.1, -0.05) is 0 Å². The molecule has 1 N–H and O–H groups in total. The van der Waals surface area contributed by atoms with Crippen LogP contribution >= 0.6 is 11.8 Å². The van der Waals surface area contributed by atoms with E-state index in [0.717, 1.165) is 0 Å². The minimum Gasteiger partial charge on any atom is -0.306 e. The second-order valence-electron chi connectivity index (χ2n) is 1.95. The topological polar surface area (TPSA) is 12.0 Å². The van der Waals surface area contributed by atoms with E-state index in [9.17, 15) is 0 Å². The van der Waals surface area contributed by atoms with Crippen LogP contribution in [0.1, 0.15) is 12.8 Å².